The Bertz CT molecular complexity index is 145. The van der Waals surface area contributed by atoms with Crippen LogP contribution in [0.3, 0.4) is 0 Å². The van der Waals surface area contributed by atoms with Crippen LogP contribution in [0.1, 0.15) is 41.0 Å². The summed E-state index contributed by atoms with van der Waals surface area (Å²) >= 11 is 0. The van der Waals surface area contributed by atoms with Gasteiger partial charge in [0.25, 0.3) is 0 Å². The fourth-order valence-corrected chi connectivity index (χ4v) is 1.20. The Morgan fingerprint density at radius 3 is 2.08 bits per heavy atom. The molecule has 0 aliphatic rings. The highest BCUT2D eigenvalue weighted by atomic mass is 16.3. The average molecular weight is 170 g/mol. The molecule has 0 aromatic carbocycles. The number of hydrogen-bond donors (Lipinski definition) is 1. The molecule has 0 aromatic rings. The van der Waals surface area contributed by atoms with E-state index in [9.17, 15) is 5.11 Å². The van der Waals surface area contributed by atoms with Crippen molar-refractivity contribution in [3.63, 3.8) is 0 Å². The molecule has 0 aromatic heterocycles. The largest absolute Gasteiger partial charge is 0.389 e. The SMILES string of the molecule is C/C(=C\C(O)C(C)C)CC(C)C. The summed E-state index contributed by atoms with van der Waals surface area (Å²) in [6.45, 7) is 10.5. The first kappa shape index (κ1) is 11.7. The molecule has 0 heterocycles. The molecule has 0 bridgehead atoms. The van der Waals surface area contributed by atoms with Gasteiger partial charge in [0.1, 0.15) is 0 Å². The normalized spacial score (nSPS) is 15.8. The maximum absolute atomic E-state index is 9.53. The number of rotatable bonds is 4. The van der Waals surface area contributed by atoms with E-state index < -0.39 is 0 Å². The van der Waals surface area contributed by atoms with E-state index in [2.05, 4.69) is 20.8 Å². The lowest BCUT2D eigenvalue weighted by molar-refractivity contribution is 0.171. The molecule has 1 nitrogen and oxygen atoms in total. The predicted molar refractivity (Wildman–Crippen MR) is 54.1 cm³/mol. The standard InChI is InChI=1S/C11H22O/c1-8(2)6-10(5)7-11(12)9(3)4/h7-9,11-12H,6H2,1-5H3/b10-7+. The molecule has 0 aliphatic heterocycles. The number of hydrogen-bond acceptors (Lipinski definition) is 1. The van der Waals surface area contributed by atoms with Gasteiger partial charge in [0, 0.05) is 0 Å². The summed E-state index contributed by atoms with van der Waals surface area (Å²) in [6.07, 6.45) is 2.79. The quantitative estimate of drug-likeness (QED) is 0.643. The zero-order valence-electron chi connectivity index (χ0n) is 8.96. The minimum absolute atomic E-state index is 0.274. The van der Waals surface area contributed by atoms with E-state index in [1.54, 1.807) is 0 Å². The van der Waals surface area contributed by atoms with Crippen molar-refractivity contribution in [1.82, 2.24) is 0 Å². The molecule has 1 unspecified atom stereocenters. The van der Waals surface area contributed by atoms with Gasteiger partial charge in [-0.1, -0.05) is 39.3 Å². The predicted octanol–water partition coefficient (Wildman–Crippen LogP) is 3.00. The molecule has 0 radical (unpaired) electrons. The lowest BCUT2D eigenvalue weighted by Crippen LogP contribution is -2.11. The summed E-state index contributed by atoms with van der Waals surface area (Å²) in [4.78, 5) is 0. The first-order chi connectivity index (χ1) is 5.43. The van der Waals surface area contributed by atoms with Gasteiger partial charge in [0.05, 0.1) is 6.10 Å². The third-order valence-corrected chi connectivity index (χ3v) is 1.87. The summed E-state index contributed by atoms with van der Waals surface area (Å²) in [5, 5.41) is 9.53. The van der Waals surface area contributed by atoms with Gasteiger partial charge in [-0.05, 0) is 25.2 Å². The second kappa shape index (κ2) is 5.36. The van der Waals surface area contributed by atoms with Crippen LogP contribution >= 0.6 is 0 Å². The van der Waals surface area contributed by atoms with Gasteiger partial charge in [-0.2, -0.15) is 0 Å². The second-order valence-electron chi connectivity index (χ2n) is 4.35. The maximum atomic E-state index is 9.53. The van der Waals surface area contributed by atoms with Crippen LogP contribution in [-0.4, -0.2) is 11.2 Å². The van der Waals surface area contributed by atoms with Crippen LogP contribution in [0.25, 0.3) is 0 Å². The summed E-state index contributed by atoms with van der Waals surface area (Å²) < 4.78 is 0. The van der Waals surface area contributed by atoms with Gasteiger partial charge in [0.15, 0.2) is 0 Å². The Hall–Kier alpha value is -0.300. The highest BCUT2D eigenvalue weighted by Crippen LogP contribution is 2.12. The Morgan fingerprint density at radius 1 is 1.25 bits per heavy atom. The van der Waals surface area contributed by atoms with E-state index in [1.165, 1.54) is 5.57 Å². The van der Waals surface area contributed by atoms with Crippen molar-refractivity contribution in [2.75, 3.05) is 0 Å². The van der Waals surface area contributed by atoms with Gasteiger partial charge in [-0.15, -0.1) is 0 Å². The van der Waals surface area contributed by atoms with Crippen molar-refractivity contribution in [2.45, 2.75) is 47.1 Å². The molecule has 0 amide bonds. The summed E-state index contributed by atoms with van der Waals surface area (Å²) in [6, 6.07) is 0. The van der Waals surface area contributed by atoms with Crippen LogP contribution < -0.4 is 0 Å². The van der Waals surface area contributed by atoms with Crippen LogP contribution in [0.2, 0.25) is 0 Å². The molecule has 1 heteroatoms. The Morgan fingerprint density at radius 2 is 1.75 bits per heavy atom. The summed E-state index contributed by atoms with van der Waals surface area (Å²) in [5.74, 6) is 1.01. The average Bonchev–Trinajstić information content (AvgIpc) is 1.84. The van der Waals surface area contributed by atoms with E-state index in [1.807, 2.05) is 19.9 Å². The fraction of sp³-hybridized carbons (Fsp3) is 0.818. The smallest absolute Gasteiger partial charge is 0.0746 e. The Balaban J connectivity index is 3.97. The monoisotopic (exact) mass is 170 g/mol. The lowest BCUT2D eigenvalue weighted by atomic mass is 9.99. The molecule has 0 spiro atoms. The van der Waals surface area contributed by atoms with Crippen LogP contribution in [0.4, 0.5) is 0 Å². The number of aliphatic hydroxyl groups is 1. The molecular formula is C11H22O. The first-order valence-electron chi connectivity index (χ1n) is 4.78. The van der Waals surface area contributed by atoms with E-state index in [-0.39, 0.29) is 6.10 Å². The molecule has 1 N–H and O–H groups in total. The molecule has 72 valence electrons. The van der Waals surface area contributed by atoms with Crippen molar-refractivity contribution in [3.05, 3.63) is 11.6 Å². The molecule has 12 heavy (non-hydrogen) atoms. The first-order valence-corrected chi connectivity index (χ1v) is 4.78. The highest BCUT2D eigenvalue weighted by Gasteiger charge is 2.06. The Labute approximate surface area is 76.5 Å². The van der Waals surface area contributed by atoms with E-state index in [0.717, 1.165) is 6.42 Å². The fourth-order valence-electron chi connectivity index (χ4n) is 1.20. The highest BCUT2D eigenvalue weighted by molar-refractivity contribution is 5.02. The van der Waals surface area contributed by atoms with Crippen molar-refractivity contribution < 1.29 is 5.11 Å². The van der Waals surface area contributed by atoms with Crippen molar-refractivity contribution >= 4 is 0 Å². The van der Waals surface area contributed by atoms with Crippen LogP contribution in [0, 0.1) is 11.8 Å². The number of allylic oxidation sites excluding steroid dienone is 1. The van der Waals surface area contributed by atoms with E-state index >= 15 is 0 Å². The minimum Gasteiger partial charge on any atom is -0.389 e. The van der Waals surface area contributed by atoms with Gasteiger partial charge >= 0.3 is 0 Å². The molecule has 1 atom stereocenters. The lowest BCUT2D eigenvalue weighted by Gasteiger charge is -2.12. The van der Waals surface area contributed by atoms with Gasteiger partial charge in [0.2, 0.25) is 0 Å². The molecule has 0 rings (SSSR count). The van der Waals surface area contributed by atoms with Crippen molar-refractivity contribution in [2.24, 2.45) is 11.8 Å². The zero-order valence-corrected chi connectivity index (χ0v) is 8.96. The minimum atomic E-state index is -0.274. The molecule has 0 aliphatic carbocycles. The third-order valence-electron chi connectivity index (χ3n) is 1.87. The van der Waals surface area contributed by atoms with Crippen LogP contribution in [0.5, 0.6) is 0 Å². The van der Waals surface area contributed by atoms with E-state index in [0.29, 0.717) is 11.8 Å². The summed E-state index contributed by atoms with van der Waals surface area (Å²) in [5.41, 5.74) is 1.30. The van der Waals surface area contributed by atoms with Gasteiger partial charge < -0.3 is 5.11 Å². The Kier molecular flexibility index (Phi) is 5.23. The van der Waals surface area contributed by atoms with Crippen molar-refractivity contribution in [1.29, 1.82) is 0 Å². The topological polar surface area (TPSA) is 20.2 Å². The number of aliphatic hydroxyl groups excluding tert-OH is 1. The maximum Gasteiger partial charge on any atom is 0.0746 e. The third kappa shape index (κ3) is 5.36. The zero-order chi connectivity index (χ0) is 9.72. The van der Waals surface area contributed by atoms with Crippen molar-refractivity contribution in [3.8, 4) is 0 Å². The van der Waals surface area contributed by atoms with Crippen LogP contribution in [0.15, 0.2) is 11.6 Å². The van der Waals surface area contributed by atoms with Gasteiger partial charge in [-0.25, -0.2) is 0 Å². The summed E-state index contributed by atoms with van der Waals surface area (Å²) in [7, 11) is 0. The van der Waals surface area contributed by atoms with Gasteiger partial charge in [-0.3, -0.25) is 0 Å². The van der Waals surface area contributed by atoms with Crippen LogP contribution in [-0.2, 0) is 0 Å². The molecule has 0 fully saturated rings. The molecule has 0 saturated carbocycles. The molecule has 0 saturated heterocycles. The second-order valence-corrected chi connectivity index (χ2v) is 4.35. The molecular weight excluding hydrogens is 148 g/mol. The van der Waals surface area contributed by atoms with E-state index in [4.69, 9.17) is 0 Å².